The summed E-state index contributed by atoms with van der Waals surface area (Å²) in [6.45, 7) is 0.381. The number of benzene rings is 1. The van der Waals surface area contributed by atoms with Gasteiger partial charge >= 0.3 is 6.09 Å². The van der Waals surface area contributed by atoms with Gasteiger partial charge in [-0.15, -0.1) is 0 Å². The number of nitrogens with one attached hydrogen (secondary N) is 1. The molecule has 0 unspecified atom stereocenters. The molecule has 2 aliphatic rings. The molecule has 0 aliphatic carbocycles. The lowest BCUT2D eigenvalue weighted by atomic mass is 10.2. The second kappa shape index (κ2) is 5.43. The Labute approximate surface area is 120 Å². The van der Waals surface area contributed by atoms with Gasteiger partial charge in [-0.3, -0.25) is 9.69 Å². The van der Waals surface area contributed by atoms with Crippen LogP contribution in [-0.2, 0) is 14.3 Å². The van der Waals surface area contributed by atoms with Crippen molar-refractivity contribution in [2.45, 2.75) is 18.9 Å². The van der Waals surface area contributed by atoms with Crippen molar-refractivity contribution in [3.63, 3.8) is 0 Å². The SMILES string of the molecule is O=CCC[C@H]1CN(c2ccc3c(c2)NC(=O)CO3)C(=O)O1. The van der Waals surface area contributed by atoms with Gasteiger partial charge in [-0.05, 0) is 24.6 Å². The van der Waals surface area contributed by atoms with Crippen LogP contribution in [-0.4, -0.2) is 37.5 Å². The van der Waals surface area contributed by atoms with Gasteiger partial charge in [0, 0.05) is 12.1 Å². The minimum absolute atomic E-state index is 0.00806. The molecular formula is C14H14N2O5. The van der Waals surface area contributed by atoms with Crippen LogP contribution < -0.4 is 15.0 Å². The summed E-state index contributed by atoms with van der Waals surface area (Å²) in [5, 5.41) is 2.70. The minimum Gasteiger partial charge on any atom is -0.482 e. The third-order valence-electron chi connectivity index (χ3n) is 3.39. The first kappa shape index (κ1) is 13.4. The number of aldehydes is 1. The number of rotatable bonds is 4. The number of carbonyl (C=O) groups excluding carboxylic acids is 3. The maximum Gasteiger partial charge on any atom is 0.414 e. The highest BCUT2D eigenvalue weighted by Crippen LogP contribution is 2.33. The maximum absolute atomic E-state index is 11.9. The third-order valence-corrected chi connectivity index (χ3v) is 3.39. The van der Waals surface area contributed by atoms with Gasteiger partial charge in [-0.2, -0.15) is 0 Å². The van der Waals surface area contributed by atoms with Gasteiger partial charge in [0.05, 0.1) is 12.2 Å². The zero-order valence-electron chi connectivity index (χ0n) is 11.2. The quantitative estimate of drug-likeness (QED) is 0.845. The maximum atomic E-state index is 11.9. The summed E-state index contributed by atoms with van der Waals surface area (Å²) in [5.74, 6) is 0.343. The summed E-state index contributed by atoms with van der Waals surface area (Å²) in [7, 11) is 0. The molecule has 3 rings (SSSR count). The number of anilines is 2. The Hall–Kier alpha value is -2.57. The van der Waals surface area contributed by atoms with Crippen molar-refractivity contribution in [2.75, 3.05) is 23.4 Å². The van der Waals surface area contributed by atoms with E-state index in [1.54, 1.807) is 18.2 Å². The first-order valence-corrected chi connectivity index (χ1v) is 6.66. The molecule has 1 atom stereocenters. The van der Waals surface area contributed by atoms with Gasteiger partial charge < -0.3 is 19.6 Å². The van der Waals surface area contributed by atoms with Crippen molar-refractivity contribution >= 4 is 29.7 Å². The van der Waals surface area contributed by atoms with Gasteiger partial charge in [-0.1, -0.05) is 0 Å². The molecule has 7 nitrogen and oxygen atoms in total. The lowest BCUT2D eigenvalue weighted by molar-refractivity contribution is -0.118. The first-order valence-electron chi connectivity index (χ1n) is 6.66. The van der Waals surface area contributed by atoms with Crippen molar-refractivity contribution in [3.05, 3.63) is 18.2 Å². The molecule has 1 fully saturated rings. The summed E-state index contributed by atoms with van der Waals surface area (Å²) in [6.07, 6.45) is 0.942. The molecule has 0 bridgehead atoms. The van der Waals surface area contributed by atoms with E-state index >= 15 is 0 Å². The van der Waals surface area contributed by atoms with E-state index in [9.17, 15) is 14.4 Å². The zero-order valence-corrected chi connectivity index (χ0v) is 11.2. The summed E-state index contributed by atoms with van der Waals surface area (Å²) < 4.78 is 10.5. The summed E-state index contributed by atoms with van der Waals surface area (Å²) in [5.41, 5.74) is 1.16. The van der Waals surface area contributed by atoms with E-state index in [0.29, 0.717) is 36.5 Å². The highest BCUT2D eigenvalue weighted by Gasteiger charge is 2.32. The fourth-order valence-corrected chi connectivity index (χ4v) is 2.38. The predicted molar refractivity (Wildman–Crippen MR) is 73.5 cm³/mol. The lowest BCUT2D eigenvalue weighted by Crippen LogP contribution is -2.27. The number of fused-ring (bicyclic) bond motifs is 1. The Morgan fingerprint density at radius 2 is 2.24 bits per heavy atom. The summed E-state index contributed by atoms with van der Waals surface area (Å²) in [4.78, 5) is 35.1. The molecule has 21 heavy (non-hydrogen) atoms. The van der Waals surface area contributed by atoms with E-state index in [4.69, 9.17) is 9.47 Å². The van der Waals surface area contributed by atoms with E-state index in [2.05, 4.69) is 5.32 Å². The zero-order chi connectivity index (χ0) is 14.8. The summed E-state index contributed by atoms with van der Waals surface area (Å²) in [6, 6.07) is 5.12. The monoisotopic (exact) mass is 290 g/mol. The Morgan fingerprint density at radius 1 is 1.38 bits per heavy atom. The van der Waals surface area contributed by atoms with Gasteiger partial charge in [-0.25, -0.2) is 4.79 Å². The molecule has 0 aromatic heterocycles. The van der Waals surface area contributed by atoms with Gasteiger partial charge in [0.25, 0.3) is 5.91 Å². The van der Waals surface area contributed by atoms with Gasteiger partial charge in [0.1, 0.15) is 18.1 Å². The normalized spacial score (nSPS) is 20.4. The molecule has 2 amide bonds. The molecular weight excluding hydrogens is 276 g/mol. The molecule has 0 saturated carbocycles. The number of hydrogen-bond donors (Lipinski definition) is 1. The van der Waals surface area contributed by atoms with Crippen LogP contribution >= 0.6 is 0 Å². The Kier molecular flexibility index (Phi) is 3.47. The predicted octanol–water partition coefficient (Wildman–Crippen LogP) is 1.32. The molecule has 110 valence electrons. The highest BCUT2D eigenvalue weighted by atomic mass is 16.6. The second-order valence-corrected chi connectivity index (χ2v) is 4.88. The smallest absolute Gasteiger partial charge is 0.414 e. The van der Waals surface area contributed by atoms with E-state index in [1.807, 2.05) is 0 Å². The van der Waals surface area contributed by atoms with Crippen molar-refractivity contribution in [3.8, 4) is 5.75 Å². The highest BCUT2D eigenvalue weighted by molar-refractivity contribution is 5.97. The largest absolute Gasteiger partial charge is 0.482 e. The van der Waals surface area contributed by atoms with Crippen molar-refractivity contribution in [1.29, 1.82) is 0 Å². The van der Waals surface area contributed by atoms with Crippen LogP contribution in [0.1, 0.15) is 12.8 Å². The Bertz CT molecular complexity index is 601. The Morgan fingerprint density at radius 3 is 3.05 bits per heavy atom. The number of ether oxygens (including phenoxy) is 2. The van der Waals surface area contributed by atoms with E-state index in [-0.39, 0.29) is 18.6 Å². The molecule has 1 N–H and O–H groups in total. The standard InChI is InChI=1S/C14H14N2O5/c17-5-1-2-10-7-16(14(19)21-10)9-3-4-12-11(6-9)15-13(18)8-20-12/h3-6,10H,1-2,7-8H2,(H,15,18)/t10-/m0/s1. The van der Waals surface area contributed by atoms with Crippen molar-refractivity contribution in [1.82, 2.24) is 0 Å². The van der Waals surface area contributed by atoms with Crippen LogP contribution in [0.3, 0.4) is 0 Å². The summed E-state index contributed by atoms with van der Waals surface area (Å²) >= 11 is 0. The fourth-order valence-electron chi connectivity index (χ4n) is 2.38. The number of cyclic esters (lactones) is 1. The molecule has 7 heteroatoms. The second-order valence-electron chi connectivity index (χ2n) is 4.88. The number of hydrogen-bond acceptors (Lipinski definition) is 5. The van der Waals surface area contributed by atoms with Crippen LogP contribution in [0.5, 0.6) is 5.75 Å². The van der Waals surface area contributed by atoms with E-state index < -0.39 is 6.09 Å². The average Bonchev–Trinajstić information content (AvgIpc) is 2.85. The minimum atomic E-state index is -0.450. The van der Waals surface area contributed by atoms with Crippen molar-refractivity contribution in [2.24, 2.45) is 0 Å². The van der Waals surface area contributed by atoms with Crippen LogP contribution in [0.15, 0.2) is 18.2 Å². The third kappa shape index (κ3) is 2.67. The number of carbonyl (C=O) groups is 3. The first-order chi connectivity index (χ1) is 10.2. The van der Waals surface area contributed by atoms with Crippen LogP contribution in [0, 0.1) is 0 Å². The van der Waals surface area contributed by atoms with Crippen molar-refractivity contribution < 1.29 is 23.9 Å². The van der Waals surface area contributed by atoms with Gasteiger partial charge in [0.15, 0.2) is 6.61 Å². The lowest BCUT2D eigenvalue weighted by Gasteiger charge is -2.20. The molecule has 2 aliphatic heterocycles. The average molecular weight is 290 g/mol. The van der Waals surface area contributed by atoms with Crippen LogP contribution in [0.25, 0.3) is 0 Å². The van der Waals surface area contributed by atoms with Crippen LogP contribution in [0.2, 0.25) is 0 Å². The molecule has 0 spiro atoms. The number of amides is 2. The van der Waals surface area contributed by atoms with E-state index in [1.165, 1.54) is 4.90 Å². The fraction of sp³-hybridized carbons (Fsp3) is 0.357. The molecule has 2 heterocycles. The molecule has 0 radical (unpaired) electrons. The van der Waals surface area contributed by atoms with E-state index in [0.717, 1.165) is 6.29 Å². The molecule has 1 aromatic rings. The molecule has 1 saturated heterocycles. The molecule has 1 aromatic carbocycles. The topological polar surface area (TPSA) is 84.9 Å². The van der Waals surface area contributed by atoms with Crippen LogP contribution in [0.4, 0.5) is 16.2 Å². The Balaban J connectivity index is 1.78. The number of nitrogens with zero attached hydrogens (tertiary/aromatic N) is 1. The van der Waals surface area contributed by atoms with Gasteiger partial charge in [0.2, 0.25) is 0 Å².